The lowest BCUT2D eigenvalue weighted by Crippen LogP contribution is -2.47. The fourth-order valence-electron chi connectivity index (χ4n) is 4.29. The zero-order valence-corrected chi connectivity index (χ0v) is 13.7. The number of allylic oxidation sites excluding steroid dienone is 1. The molecule has 2 aliphatic rings. The van der Waals surface area contributed by atoms with E-state index in [0.717, 1.165) is 55.4 Å². The quantitative estimate of drug-likeness (QED) is 0.864. The van der Waals surface area contributed by atoms with E-state index in [0.29, 0.717) is 0 Å². The van der Waals surface area contributed by atoms with E-state index < -0.39 is 0 Å². The molecule has 3 nitrogen and oxygen atoms in total. The molecular weight excluding hydrogens is 270 g/mol. The van der Waals surface area contributed by atoms with Crippen LogP contribution in [0.3, 0.4) is 0 Å². The van der Waals surface area contributed by atoms with Gasteiger partial charge in [-0.05, 0) is 43.2 Å². The molecule has 0 radical (unpaired) electrons. The number of nitrogens with two attached hydrogens (primary N) is 1. The monoisotopic (exact) mass is 296 g/mol. The molecule has 0 bridgehead atoms. The smallest absolute Gasteiger partial charge is 0.216 e. The number of nitrogens with zero attached hydrogens (tertiary/aromatic N) is 2. The molecular formula is C19H26N3+. The fraction of sp³-hybridized carbons (Fsp3) is 0.526. The molecule has 0 spiro atoms. The number of quaternary nitrogens is 1. The van der Waals surface area contributed by atoms with Crippen molar-refractivity contribution in [2.24, 2.45) is 5.73 Å². The molecule has 0 saturated carbocycles. The maximum Gasteiger partial charge on any atom is 0.216 e. The maximum atomic E-state index is 9.72. The first kappa shape index (κ1) is 15.3. The summed E-state index contributed by atoms with van der Waals surface area (Å²) in [5.74, 6) is 0. The van der Waals surface area contributed by atoms with Crippen LogP contribution in [-0.4, -0.2) is 19.1 Å². The van der Waals surface area contributed by atoms with Crippen LogP contribution < -0.4 is 10.2 Å². The van der Waals surface area contributed by atoms with Gasteiger partial charge < -0.3 is 5.73 Å². The number of hydrogen-bond acceptors (Lipinski definition) is 2. The molecule has 3 rings (SSSR count). The lowest BCUT2D eigenvalue weighted by Gasteiger charge is -2.35. The summed E-state index contributed by atoms with van der Waals surface area (Å²) in [7, 11) is 0. The van der Waals surface area contributed by atoms with Gasteiger partial charge in [0.15, 0.2) is 6.07 Å². The number of hydrogen-bond donors (Lipinski definition) is 1. The van der Waals surface area contributed by atoms with E-state index in [4.69, 9.17) is 5.73 Å². The minimum Gasteiger partial charge on any atom is -0.327 e. The highest BCUT2D eigenvalue weighted by atomic mass is 15.4. The lowest BCUT2D eigenvalue weighted by molar-refractivity contribution is 0.357. The Kier molecular flexibility index (Phi) is 4.08. The van der Waals surface area contributed by atoms with Crippen LogP contribution in [0.15, 0.2) is 17.8 Å². The summed E-state index contributed by atoms with van der Waals surface area (Å²) in [5, 5.41) is 9.72. The number of rotatable bonds is 4. The minimum absolute atomic E-state index is 0.262. The normalized spacial score (nSPS) is 21.7. The van der Waals surface area contributed by atoms with Crippen LogP contribution in [0.5, 0.6) is 0 Å². The summed E-state index contributed by atoms with van der Waals surface area (Å²) in [6.07, 6.45) is 7.40. The van der Waals surface area contributed by atoms with Crippen LogP contribution in [0.25, 0.3) is 6.08 Å². The molecule has 1 aromatic rings. The van der Waals surface area contributed by atoms with Crippen LogP contribution in [0, 0.1) is 11.3 Å². The largest absolute Gasteiger partial charge is 0.327 e. The summed E-state index contributed by atoms with van der Waals surface area (Å²) < 4.78 is 0.737. The molecule has 1 heterocycles. The number of fused-ring (bicyclic) bond motifs is 3. The first-order valence-electron chi connectivity index (χ1n) is 8.56. The fourth-order valence-corrected chi connectivity index (χ4v) is 4.29. The molecule has 2 N–H and O–H groups in total. The standard InChI is InChI=1S/C19H26N3/c1-3-9-22(10-4-2)16(13-20)12-18-17-11-15(21)7-5-14(17)6-8-19(18)22/h6,8,12,15H,3-5,7,9-11,21H2,1-2H3/q+1. The Morgan fingerprint density at radius 1 is 1.27 bits per heavy atom. The van der Waals surface area contributed by atoms with Crippen molar-refractivity contribution in [2.75, 3.05) is 13.1 Å². The van der Waals surface area contributed by atoms with Gasteiger partial charge in [0.25, 0.3) is 0 Å². The van der Waals surface area contributed by atoms with E-state index in [1.54, 1.807) is 0 Å². The Labute approximate surface area is 133 Å². The summed E-state index contributed by atoms with van der Waals surface area (Å²) >= 11 is 0. The summed E-state index contributed by atoms with van der Waals surface area (Å²) in [6, 6.07) is 7.31. The average molecular weight is 296 g/mol. The molecule has 116 valence electrons. The van der Waals surface area contributed by atoms with E-state index in [9.17, 15) is 5.26 Å². The third-order valence-corrected chi connectivity index (χ3v) is 5.21. The van der Waals surface area contributed by atoms with Crippen LogP contribution >= 0.6 is 0 Å². The summed E-state index contributed by atoms with van der Waals surface area (Å²) in [5.41, 5.74) is 12.6. The number of benzene rings is 1. The Morgan fingerprint density at radius 3 is 2.64 bits per heavy atom. The first-order chi connectivity index (χ1) is 10.7. The number of nitriles is 1. The van der Waals surface area contributed by atoms with Crippen molar-refractivity contribution in [3.63, 3.8) is 0 Å². The molecule has 22 heavy (non-hydrogen) atoms. The Bertz CT molecular complexity index is 645. The van der Waals surface area contributed by atoms with Crippen LogP contribution in [0.4, 0.5) is 5.69 Å². The van der Waals surface area contributed by atoms with Crippen molar-refractivity contribution in [1.82, 2.24) is 4.48 Å². The predicted octanol–water partition coefficient (Wildman–Crippen LogP) is 3.51. The molecule has 1 aliphatic heterocycles. The highest BCUT2D eigenvalue weighted by Gasteiger charge is 2.42. The highest BCUT2D eigenvalue weighted by molar-refractivity contribution is 5.82. The molecule has 0 fully saturated rings. The van der Waals surface area contributed by atoms with Gasteiger partial charge >= 0.3 is 0 Å². The topological polar surface area (TPSA) is 49.8 Å². The molecule has 0 amide bonds. The van der Waals surface area contributed by atoms with Crippen LogP contribution in [0.1, 0.15) is 49.8 Å². The van der Waals surface area contributed by atoms with Gasteiger partial charge in [-0.2, -0.15) is 5.26 Å². The van der Waals surface area contributed by atoms with Gasteiger partial charge in [-0.15, -0.1) is 0 Å². The molecule has 3 heteroatoms. The van der Waals surface area contributed by atoms with E-state index in [1.165, 1.54) is 22.4 Å². The molecule has 0 aromatic heterocycles. The van der Waals surface area contributed by atoms with E-state index in [2.05, 4.69) is 38.1 Å². The minimum atomic E-state index is 0.262. The number of aryl methyl sites for hydroxylation is 1. The van der Waals surface area contributed by atoms with Gasteiger partial charge in [-0.25, -0.2) is 4.48 Å². The zero-order valence-electron chi connectivity index (χ0n) is 13.7. The molecule has 1 unspecified atom stereocenters. The van der Waals surface area contributed by atoms with Crippen molar-refractivity contribution < 1.29 is 0 Å². The second kappa shape index (κ2) is 5.87. The second-order valence-corrected chi connectivity index (χ2v) is 6.70. The van der Waals surface area contributed by atoms with Gasteiger partial charge in [0.2, 0.25) is 5.70 Å². The summed E-state index contributed by atoms with van der Waals surface area (Å²) in [4.78, 5) is 0. The SMILES string of the molecule is CCC[N+]1(CCC)C(C#N)=Cc2c1ccc1c2CC(N)CC1. The highest BCUT2D eigenvalue weighted by Crippen LogP contribution is 2.44. The third-order valence-electron chi connectivity index (χ3n) is 5.21. The molecule has 0 saturated heterocycles. The van der Waals surface area contributed by atoms with E-state index >= 15 is 0 Å². The zero-order chi connectivity index (χ0) is 15.7. The van der Waals surface area contributed by atoms with Crippen molar-refractivity contribution in [1.29, 1.82) is 5.26 Å². The third kappa shape index (κ3) is 2.18. The van der Waals surface area contributed by atoms with Gasteiger partial charge in [-0.1, -0.05) is 19.9 Å². The molecule has 1 aromatic carbocycles. The van der Waals surface area contributed by atoms with Crippen molar-refractivity contribution >= 4 is 11.8 Å². The first-order valence-corrected chi connectivity index (χ1v) is 8.56. The van der Waals surface area contributed by atoms with Gasteiger partial charge in [0.1, 0.15) is 5.69 Å². The Morgan fingerprint density at radius 2 is 2.00 bits per heavy atom. The predicted molar refractivity (Wildman–Crippen MR) is 92.1 cm³/mol. The lowest BCUT2D eigenvalue weighted by atomic mass is 9.85. The maximum absolute atomic E-state index is 9.72. The van der Waals surface area contributed by atoms with Crippen molar-refractivity contribution in [3.8, 4) is 6.07 Å². The van der Waals surface area contributed by atoms with Crippen LogP contribution in [0.2, 0.25) is 0 Å². The second-order valence-electron chi connectivity index (χ2n) is 6.70. The van der Waals surface area contributed by atoms with Crippen molar-refractivity contribution in [2.45, 2.75) is 52.0 Å². The van der Waals surface area contributed by atoms with Crippen molar-refractivity contribution in [3.05, 3.63) is 34.5 Å². The van der Waals surface area contributed by atoms with Gasteiger partial charge in [0.05, 0.1) is 13.1 Å². The summed E-state index contributed by atoms with van der Waals surface area (Å²) in [6.45, 7) is 6.42. The van der Waals surface area contributed by atoms with Crippen LogP contribution in [-0.2, 0) is 12.8 Å². The van der Waals surface area contributed by atoms with Gasteiger partial charge in [0, 0.05) is 23.7 Å². The molecule has 1 aliphatic carbocycles. The van der Waals surface area contributed by atoms with Gasteiger partial charge in [-0.3, -0.25) is 0 Å². The van der Waals surface area contributed by atoms with E-state index in [-0.39, 0.29) is 6.04 Å². The Hall–Kier alpha value is -1.63. The van der Waals surface area contributed by atoms with E-state index in [1.807, 2.05) is 0 Å². The Balaban J connectivity index is 2.18. The average Bonchev–Trinajstić information content (AvgIpc) is 2.82. The molecule has 1 atom stereocenters.